The summed E-state index contributed by atoms with van der Waals surface area (Å²) in [6, 6.07) is 9.64. The number of fused-ring (bicyclic) bond motifs is 1. The Bertz CT molecular complexity index is 1330. The summed E-state index contributed by atoms with van der Waals surface area (Å²) in [6.07, 6.45) is 3.80. The van der Waals surface area contributed by atoms with Crippen LogP contribution in [0.5, 0.6) is 5.75 Å². The number of carbonyl (C=O) groups is 2. The fourth-order valence-electron chi connectivity index (χ4n) is 4.33. The number of hydrogen-bond donors (Lipinski definition) is 0. The van der Waals surface area contributed by atoms with E-state index in [9.17, 15) is 22.4 Å². The molecule has 1 atom stereocenters. The van der Waals surface area contributed by atoms with Gasteiger partial charge in [-0.05, 0) is 55.2 Å². The number of sulfone groups is 1. The van der Waals surface area contributed by atoms with Crippen LogP contribution < -0.4 is 4.74 Å². The highest BCUT2D eigenvalue weighted by molar-refractivity contribution is 7.90. The Labute approximate surface area is 190 Å². The third-order valence-corrected chi connectivity index (χ3v) is 6.80. The summed E-state index contributed by atoms with van der Waals surface area (Å²) < 4.78 is 50.9. The quantitative estimate of drug-likeness (QED) is 0.386. The predicted molar refractivity (Wildman–Crippen MR) is 119 cm³/mol. The molecule has 2 heterocycles. The van der Waals surface area contributed by atoms with Crippen LogP contribution in [0.4, 0.5) is 9.18 Å². The molecule has 1 aliphatic rings. The first-order valence-electron chi connectivity index (χ1n) is 10.4. The lowest BCUT2D eigenvalue weighted by molar-refractivity contribution is 0.104. The lowest BCUT2D eigenvalue weighted by Crippen LogP contribution is -2.13. The molecule has 0 saturated carbocycles. The third-order valence-electron chi connectivity index (χ3n) is 5.66. The van der Waals surface area contributed by atoms with Crippen LogP contribution in [0.15, 0.2) is 53.6 Å². The Morgan fingerprint density at radius 1 is 1.18 bits per heavy atom. The molecule has 1 unspecified atom stereocenters. The molecule has 4 rings (SSSR count). The molecular formula is C24H22FNO6S. The van der Waals surface area contributed by atoms with Crippen molar-refractivity contribution in [2.45, 2.75) is 30.7 Å². The van der Waals surface area contributed by atoms with E-state index in [4.69, 9.17) is 9.47 Å². The molecule has 1 aliphatic heterocycles. The molecule has 0 N–H and O–H groups in total. The molecule has 9 heteroatoms. The van der Waals surface area contributed by atoms with E-state index in [-0.39, 0.29) is 17.5 Å². The number of halogens is 1. The van der Waals surface area contributed by atoms with Crippen LogP contribution in [0.25, 0.3) is 11.1 Å². The summed E-state index contributed by atoms with van der Waals surface area (Å²) >= 11 is 0. The minimum atomic E-state index is -3.67. The van der Waals surface area contributed by atoms with Crippen molar-refractivity contribution in [1.29, 1.82) is 0 Å². The Balaban J connectivity index is 1.91. The van der Waals surface area contributed by atoms with Crippen molar-refractivity contribution in [3.05, 3.63) is 71.3 Å². The van der Waals surface area contributed by atoms with Gasteiger partial charge in [0.05, 0.1) is 23.2 Å². The van der Waals surface area contributed by atoms with E-state index in [1.807, 2.05) is 4.57 Å². The maximum atomic E-state index is 13.6. The Morgan fingerprint density at radius 3 is 2.55 bits per heavy atom. The molecular weight excluding hydrogens is 449 g/mol. The number of aldehydes is 1. The average molecular weight is 472 g/mol. The average Bonchev–Trinajstić information content (AvgIpc) is 3.36. The standard InChI is InChI=1S/C24H22FNO6S/c1-3-31-24(28)32-20-12-13-26-18(20)9-10-19(26)22-16(14-27)6-11-21(33(2,29)30)23(22)15-4-7-17(25)8-5-15/h4-8,11-14,19H,3,9-10H2,1-2H3. The molecule has 0 aliphatic carbocycles. The maximum absolute atomic E-state index is 13.6. The van der Waals surface area contributed by atoms with Gasteiger partial charge in [-0.25, -0.2) is 17.6 Å². The summed E-state index contributed by atoms with van der Waals surface area (Å²) in [5.74, 6) is -0.103. The fourth-order valence-corrected chi connectivity index (χ4v) is 5.25. The minimum Gasteiger partial charge on any atom is -0.434 e. The molecule has 0 amide bonds. The number of nitrogens with zero attached hydrogens (tertiary/aromatic N) is 1. The predicted octanol–water partition coefficient (Wildman–Crippen LogP) is 4.58. The number of aromatic nitrogens is 1. The molecule has 2 aromatic carbocycles. The lowest BCUT2D eigenvalue weighted by Gasteiger charge is -2.22. The number of rotatable bonds is 6. The van der Waals surface area contributed by atoms with Gasteiger partial charge in [0.15, 0.2) is 15.6 Å². The minimum absolute atomic E-state index is 0.0540. The van der Waals surface area contributed by atoms with Crippen LogP contribution in [0.2, 0.25) is 0 Å². The van der Waals surface area contributed by atoms with Gasteiger partial charge in [-0.2, -0.15) is 0 Å². The second kappa shape index (κ2) is 8.82. The SMILES string of the molecule is CCOC(=O)Oc1ccn2c1CCC2c1c(C=O)ccc(S(C)(=O)=O)c1-c1ccc(F)cc1. The van der Waals surface area contributed by atoms with Crippen LogP contribution in [0.3, 0.4) is 0 Å². The molecule has 0 spiro atoms. The molecule has 0 fully saturated rings. The monoisotopic (exact) mass is 471 g/mol. The van der Waals surface area contributed by atoms with Gasteiger partial charge in [-0.3, -0.25) is 4.79 Å². The molecule has 172 valence electrons. The van der Waals surface area contributed by atoms with E-state index in [2.05, 4.69) is 0 Å². The lowest BCUT2D eigenvalue weighted by atomic mass is 9.89. The Morgan fingerprint density at radius 2 is 1.91 bits per heavy atom. The van der Waals surface area contributed by atoms with Gasteiger partial charge in [0.1, 0.15) is 12.1 Å². The van der Waals surface area contributed by atoms with Crippen molar-refractivity contribution < 1.29 is 31.9 Å². The van der Waals surface area contributed by atoms with Gasteiger partial charge < -0.3 is 14.0 Å². The normalized spacial score (nSPS) is 15.2. The number of ether oxygens (including phenoxy) is 2. The van der Waals surface area contributed by atoms with Crippen LogP contribution in [-0.2, 0) is 21.0 Å². The van der Waals surface area contributed by atoms with E-state index >= 15 is 0 Å². The van der Waals surface area contributed by atoms with Crippen molar-refractivity contribution >= 4 is 22.3 Å². The molecule has 7 nitrogen and oxygen atoms in total. The van der Waals surface area contributed by atoms with Gasteiger partial charge in [0, 0.05) is 23.6 Å². The van der Waals surface area contributed by atoms with Crippen molar-refractivity contribution in [2.75, 3.05) is 12.9 Å². The van der Waals surface area contributed by atoms with E-state index in [1.165, 1.54) is 36.4 Å². The zero-order chi connectivity index (χ0) is 23.8. The van der Waals surface area contributed by atoms with Gasteiger partial charge in [-0.15, -0.1) is 0 Å². The highest BCUT2D eigenvalue weighted by atomic mass is 32.2. The summed E-state index contributed by atoms with van der Waals surface area (Å²) in [5.41, 5.74) is 2.44. The first-order chi connectivity index (χ1) is 15.7. The van der Waals surface area contributed by atoms with Crippen LogP contribution in [0, 0.1) is 5.82 Å². The van der Waals surface area contributed by atoms with E-state index < -0.39 is 21.8 Å². The van der Waals surface area contributed by atoms with Crippen molar-refractivity contribution in [3.8, 4) is 16.9 Å². The van der Waals surface area contributed by atoms with E-state index in [0.29, 0.717) is 47.1 Å². The molecule has 0 radical (unpaired) electrons. The maximum Gasteiger partial charge on any atom is 0.513 e. The third kappa shape index (κ3) is 4.28. The van der Waals surface area contributed by atoms with Crippen LogP contribution in [0.1, 0.15) is 41.0 Å². The molecule has 0 saturated heterocycles. The number of carbonyl (C=O) groups excluding carboxylic acids is 2. The first kappa shape index (κ1) is 22.7. The second-order valence-electron chi connectivity index (χ2n) is 7.71. The van der Waals surface area contributed by atoms with Crippen molar-refractivity contribution in [3.63, 3.8) is 0 Å². The highest BCUT2D eigenvalue weighted by Gasteiger charge is 2.33. The zero-order valence-electron chi connectivity index (χ0n) is 18.1. The topological polar surface area (TPSA) is 91.7 Å². The van der Waals surface area contributed by atoms with Crippen LogP contribution in [-0.4, -0.2) is 38.3 Å². The second-order valence-corrected chi connectivity index (χ2v) is 9.70. The van der Waals surface area contributed by atoms with Crippen molar-refractivity contribution in [2.24, 2.45) is 0 Å². The smallest absolute Gasteiger partial charge is 0.434 e. The summed E-state index contributed by atoms with van der Waals surface area (Å²) in [7, 11) is -3.67. The van der Waals surface area contributed by atoms with Gasteiger partial charge in [-0.1, -0.05) is 18.2 Å². The Hall–Kier alpha value is -3.46. The molecule has 0 bridgehead atoms. The van der Waals surface area contributed by atoms with E-state index in [0.717, 1.165) is 11.9 Å². The number of hydrogen-bond acceptors (Lipinski definition) is 6. The van der Waals surface area contributed by atoms with Gasteiger partial charge >= 0.3 is 6.16 Å². The Kier molecular flexibility index (Phi) is 6.07. The fraction of sp³-hybridized carbons (Fsp3) is 0.250. The van der Waals surface area contributed by atoms with Gasteiger partial charge in [0.25, 0.3) is 0 Å². The number of benzene rings is 2. The first-order valence-corrected chi connectivity index (χ1v) is 12.3. The van der Waals surface area contributed by atoms with Crippen LogP contribution >= 0.6 is 0 Å². The molecule has 1 aromatic heterocycles. The molecule has 3 aromatic rings. The summed E-state index contributed by atoms with van der Waals surface area (Å²) in [5, 5.41) is 0. The van der Waals surface area contributed by atoms with E-state index in [1.54, 1.807) is 19.2 Å². The molecule has 33 heavy (non-hydrogen) atoms. The van der Waals surface area contributed by atoms with Crippen molar-refractivity contribution in [1.82, 2.24) is 4.57 Å². The largest absolute Gasteiger partial charge is 0.513 e. The summed E-state index contributed by atoms with van der Waals surface area (Å²) in [6.45, 7) is 1.85. The van der Waals surface area contributed by atoms with Gasteiger partial charge in [0.2, 0.25) is 0 Å². The summed E-state index contributed by atoms with van der Waals surface area (Å²) in [4.78, 5) is 23.9. The highest BCUT2D eigenvalue weighted by Crippen LogP contribution is 2.44. The zero-order valence-corrected chi connectivity index (χ0v) is 18.9.